The summed E-state index contributed by atoms with van der Waals surface area (Å²) in [6.07, 6.45) is 3.22. The molecule has 0 amide bonds. The van der Waals surface area contributed by atoms with E-state index in [9.17, 15) is 8.42 Å². The van der Waals surface area contributed by atoms with Crippen LogP contribution in [0.2, 0.25) is 19.6 Å². The van der Waals surface area contributed by atoms with E-state index in [1.807, 2.05) is 19.1 Å². The van der Waals surface area contributed by atoms with Gasteiger partial charge in [0.15, 0.2) is 0 Å². The Labute approximate surface area is 130 Å². The van der Waals surface area contributed by atoms with E-state index in [0.29, 0.717) is 4.90 Å². The van der Waals surface area contributed by atoms with E-state index in [2.05, 4.69) is 26.6 Å². The van der Waals surface area contributed by atoms with Crippen LogP contribution >= 0.6 is 0 Å². The Morgan fingerprint density at radius 3 is 2.19 bits per heavy atom. The molecule has 1 fully saturated rings. The number of rotatable bonds is 6. The number of nitrogens with zero attached hydrogens (tertiary/aromatic N) is 1. The Morgan fingerprint density at radius 1 is 1.14 bits per heavy atom. The molecular weight excluding hydrogens is 298 g/mol. The molecule has 1 unspecified atom stereocenters. The first-order valence-corrected chi connectivity index (χ1v) is 12.8. The van der Waals surface area contributed by atoms with Gasteiger partial charge in [-0.3, -0.25) is 0 Å². The van der Waals surface area contributed by atoms with Crippen molar-refractivity contribution >= 4 is 18.1 Å². The lowest BCUT2D eigenvalue weighted by molar-refractivity contribution is 0.541. The molecule has 3 nitrogen and oxygen atoms in total. The Balaban J connectivity index is 2.28. The fourth-order valence-corrected chi connectivity index (χ4v) is 8.58. The maximum atomic E-state index is 12.9. The van der Waals surface area contributed by atoms with Gasteiger partial charge in [0, 0.05) is 11.7 Å². The molecule has 1 aromatic carbocycles. The number of unbranched alkanes of at least 4 members (excludes halogenated alkanes) is 1. The van der Waals surface area contributed by atoms with Crippen molar-refractivity contribution in [1.29, 1.82) is 0 Å². The van der Waals surface area contributed by atoms with Crippen LogP contribution in [-0.4, -0.2) is 32.5 Å². The Bertz CT molecular complexity index is 590. The van der Waals surface area contributed by atoms with Crippen molar-refractivity contribution in [3.63, 3.8) is 0 Å². The second-order valence-electron chi connectivity index (χ2n) is 7.17. The first kappa shape index (κ1) is 16.7. The summed E-state index contributed by atoms with van der Waals surface area (Å²) in [4.78, 5) is 0.440. The first-order valence-electron chi connectivity index (χ1n) is 7.80. The largest absolute Gasteiger partial charge is 0.243 e. The summed E-state index contributed by atoms with van der Waals surface area (Å²) in [6, 6.07) is 7.45. The van der Waals surface area contributed by atoms with E-state index in [1.165, 1.54) is 0 Å². The van der Waals surface area contributed by atoms with Gasteiger partial charge in [0.25, 0.3) is 0 Å². The highest BCUT2D eigenvalue weighted by atomic mass is 32.2. The zero-order valence-electron chi connectivity index (χ0n) is 13.8. The zero-order chi connectivity index (χ0) is 15.8. The SMILES string of the molecule is CCCC[C@@H]1[C@H]([Si](C)(C)C)N1S(=O)(=O)c1ccc(C)cc1. The predicted octanol–water partition coefficient (Wildman–Crippen LogP) is 3.80. The molecule has 0 bridgehead atoms. The van der Waals surface area contributed by atoms with Crippen molar-refractivity contribution in [2.45, 2.75) is 69.4 Å². The lowest BCUT2D eigenvalue weighted by Gasteiger charge is -2.15. The molecule has 0 aromatic heterocycles. The number of hydrogen-bond acceptors (Lipinski definition) is 2. The minimum Gasteiger partial charge on any atom is -0.207 e. The van der Waals surface area contributed by atoms with Crippen LogP contribution in [0.25, 0.3) is 0 Å². The molecule has 0 spiro atoms. The maximum Gasteiger partial charge on any atom is 0.243 e. The van der Waals surface area contributed by atoms with Crippen molar-refractivity contribution in [2.75, 3.05) is 0 Å². The standard InChI is InChI=1S/C16H27NO2SSi/c1-6-7-8-15-16(21(3,4)5)17(15)20(18,19)14-11-9-13(2)10-12-14/h9-12,15-16H,6-8H2,1-5H3/t15-,16+,17?/m1/s1. The number of sulfonamides is 1. The summed E-state index contributed by atoms with van der Waals surface area (Å²) >= 11 is 0. The van der Waals surface area contributed by atoms with E-state index in [1.54, 1.807) is 16.4 Å². The summed E-state index contributed by atoms with van der Waals surface area (Å²) in [6.45, 7) is 10.9. The van der Waals surface area contributed by atoms with Crippen molar-refractivity contribution < 1.29 is 8.42 Å². The van der Waals surface area contributed by atoms with Crippen LogP contribution < -0.4 is 0 Å². The Kier molecular flexibility index (Phi) is 4.66. The number of aryl methyl sites for hydroxylation is 1. The summed E-state index contributed by atoms with van der Waals surface area (Å²) in [7, 11) is -4.83. The maximum absolute atomic E-state index is 12.9. The Morgan fingerprint density at radius 2 is 1.71 bits per heavy atom. The van der Waals surface area contributed by atoms with E-state index in [-0.39, 0.29) is 11.7 Å². The van der Waals surface area contributed by atoms with Gasteiger partial charge in [-0.2, -0.15) is 4.31 Å². The van der Waals surface area contributed by atoms with Gasteiger partial charge in [0.2, 0.25) is 10.0 Å². The predicted molar refractivity (Wildman–Crippen MR) is 90.7 cm³/mol. The van der Waals surface area contributed by atoms with Crippen molar-refractivity contribution in [3.8, 4) is 0 Å². The van der Waals surface area contributed by atoms with Gasteiger partial charge in [0.1, 0.15) is 0 Å². The molecular formula is C16H27NO2SSi. The van der Waals surface area contributed by atoms with Crippen molar-refractivity contribution in [2.24, 2.45) is 0 Å². The van der Waals surface area contributed by atoms with Gasteiger partial charge < -0.3 is 0 Å². The van der Waals surface area contributed by atoms with E-state index < -0.39 is 18.1 Å². The third-order valence-electron chi connectivity index (χ3n) is 4.21. The van der Waals surface area contributed by atoms with Crippen LogP contribution in [0.3, 0.4) is 0 Å². The van der Waals surface area contributed by atoms with Gasteiger partial charge in [0.05, 0.1) is 13.0 Å². The highest BCUT2D eigenvalue weighted by molar-refractivity contribution is 7.89. The summed E-state index contributed by atoms with van der Waals surface area (Å²) in [5, 5.41) is 0. The second kappa shape index (κ2) is 5.86. The topological polar surface area (TPSA) is 37.1 Å². The third-order valence-corrected chi connectivity index (χ3v) is 8.76. The molecule has 0 saturated carbocycles. The molecule has 1 saturated heterocycles. The lowest BCUT2D eigenvalue weighted by atomic mass is 10.2. The average Bonchev–Trinajstić information content (AvgIpc) is 3.12. The van der Waals surface area contributed by atoms with Crippen LogP contribution in [-0.2, 0) is 10.0 Å². The highest BCUT2D eigenvalue weighted by Crippen LogP contribution is 2.43. The fourth-order valence-electron chi connectivity index (χ4n) is 3.07. The van der Waals surface area contributed by atoms with E-state index >= 15 is 0 Å². The summed E-state index contributed by atoms with van der Waals surface area (Å²) in [5.74, 6) is 0. The quantitative estimate of drug-likeness (QED) is 0.589. The molecule has 1 aliphatic heterocycles. The molecule has 0 aliphatic carbocycles. The number of benzene rings is 1. The molecule has 1 heterocycles. The van der Waals surface area contributed by atoms with Gasteiger partial charge in [-0.1, -0.05) is 57.1 Å². The van der Waals surface area contributed by atoms with Crippen molar-refractivity contribution in [1.82, 2.24) is 4.31 Å². The fraction of sp³-hybridized carbons (Fsp3) is 0.625. The van der Waals surface area contributed by atoms with Crippen LogP contribution in [0.4, 0.5) is 0 Å². The minimum atomic E-state index is -3.33. The van der Waals surface area contributed by atoms with Crippen LogP contribution in [0.1, 0.15) is 31.7 Å². The normalized spacial score (nSPS) is 25.9. The number of hydrogen-bond donors (Lipinski definition) is 0. The summed E-state index contributed by atoms with van der Waals surface area (Å²) < 4.78 is 27.6. The van der Waals surface area contributed by atoms with Gasteiger partial charge in [-0.15, -0.1) is 0 Å². The minimum absolute atomic E-state index is 0.225. The highest BCUT2D eigenvalue weighted by Gasteiger charge is 2.59. The van der Waals surface area contributed by atoms with Crippen molar-refractivity contribution in [3.05, 3.63) is 29.8 Å². The van der Waals surface area contributed by atoms with E-state index in [4.69, 9.17) is 0 Å². The summed E-state index contributed by atoms with van der Waals surface area (Å²) in [5.41, 5.74) is 1.35. The molecule has 118 valence electrons. The monoisotopic (exact) mass is 325 g/mol. The molecule has 1 aromatic rings. The van der Waals surface area contributed by atoms with E-state index in [0.717, 1.165) is 24.8 Å². The smallest absolute Gasteiger partial charge is 0.207 e. The molecule has 0 radical (unpaired) electrons. The van der Waals surface area contributed by atoms with Gasteiger partial charge >= 0.3 is 0 Å². The third kappa shape index (κ3) is 3.41. The van der Waals surface area contributed by atoms with Crippen LogP contribution in [0.5, 0.6) is 0 Å². The molecule has 2 rings (SSSR count). The molecule has 0 N–H and O–H groups in total. The van der Waals surface area contributed by atoms with Gasteiger partial charge in [-0.25, -0.2) is 8.42 Å². The van der Waals surface area contributed by atoms with Crippen LogP contribution in [0.15, 0.2) is 29.2 Å². The van der Waals surface area contributed by atoms with Crippen LogP contribution in [0, 0.1) is 6.92 Å². The Hall–Kier alpha value is -0.653. The molecule has 5 heteroatoms. The average molecular weight is 326 g/mol. The second-order valence-corrected chi connectivity index (χ2v) is 14.3. The first-order chi connectivity index (χ1) is 9.69. The molecule has 3 atom stereocenters. The molecule has 21 heavy (non-hydrogen) atoms. The lowest BCUT2D eigenvalue weighted by Crippen LogP contribution is -2.33. The van der Waals surface area contributed by atoms with Gasteiger partial charge in [-0.05, 0) is 25.5 Å². The molecule has 1 aliphatic rings. The zero-order valence-corrected chi connectivity index (χ0v) is 15.6.